The average molecular weight is 425 g/mol. The number of fused-ring (bicyclic) bond motifs is 2. The molecule has 0 spiro atoms. The number of hydrogen-bond acceptors (Lipinski definition) is 6. The lowest BCUT2D eigenvalue weighted by Crippen LogP contribution is -2.36. The molecule has 8 heteroatoms. The predicted molar refractivity (Wildman–Crippen MR) is 123 cm³/mol. The van der Waals surface area contributed by atoms with Crippen LogP contribution >= 0.6 is 0 Å². The number of morpholine rings is 1. The fraction of sp³-hybridized carbons (Fsp3) is 0.250. The summed E-state index contributed by atoms with van der Waals surface area (Å²) in [4.78, 5) is 11.9. The van der Waals surface area contributed by atoms with Gasteiger partial charge in [-0.3, -0.25) is 9.67 Å². The molecule has 1 aliphatic heterocycles. The van der Waals surface area contributed by atoms with Gasteiger partial charge in [0.25, 0.3) is 0 Å². The van der Waals surface area contributed by atoms with Crippen LogP contribution in [0.5, 0.6) is 0 Å². The molecule has 0 bridgehead atoms. The van der Waals surface area contributed by atoms with E-state index in [1.54, 1.807) is 4.68 Å². The third kappa shape index (κ3) is 3.48. The predicted octanol–water partition coefficient (Wildman–Crippen LogP) is 3.11. The third-order valence-corrected chi connectivity index (χ3v) is 5.94. The molecule has 0 unspecified atom stereocenters. The minimum Gasteiger partial charge on any atom is -0.378 e. The lowest BCUT2D eigenvalue weighted by Gasteiger charge is -2.28. The SMILES string of the molecule is Cn1cc(-c2ccn3ncc(Cc4ccc5ncc(N6CCOCC6)cc5c4)c3n2)cn1. The van der Waals surface area contributed by atoms with E-state index in [1.165, 1.54) is 5.56 Å². The van der Waals surface area contributed by atoms with Crippen LogP contribution in [0.25, 0.3) is 27.8 Å². The van der Waals surface area contributed by atoms with Crippen molar-refractivity contribution in [1.82, 2.24) is 29.4 Å². The van der Waals surface area contributed by atoms with E-state index in [1.807, 2.05) is 48.6 Å². The number of rotatable bonds is 4. The van der Waals surface area contributed by atoms with Crippen LogP contribution in [-0.2, 0) is 18.2 Å². The number of hydrogen-bond donors (Lipinski definition) is 0. The van der Waals surface area contributed by atoms with Gasteiger partial charge >= 0.3 is 0 Å². The smallest absolute Gasteiger partial charge is 0.159 e. The highest BCUT2D eigenvalue weighted by molar-refractivity contribution is 5.82. The molecular weight excluding hydrogens is 402 g/mol. The van der Waals surface area contributed by atoms with E-state index < -0.39 is 0 Å². The number of pyridine rings is 1. The molecule has 0 aliphatic carbocycles. The van der Waals surface area contributed by atoms with Crippen molar-refractivity contribution in [2.75, 3.05) is 31.2 Å². The number of ether oxygens (including phenoxy) is 1. The maximum atomic E-state index is 5.48. The summed E-state index contributed by atoms with van der Waals surface area (Å²) in [5.74, 6) is 0. The Kier molecular flexibility index (Phi) is 4.57. The Morgan fingerprint density at radius 2 is 1.91 bits per heavy atom. The molecule has 8 nitrogen and oxygen atoms in total. The first-order valence-electron chi connectivity index (χ1n) is 10.8. The summed E-state index contributed by atoms with van der Waals surface area (Å²) in [5, 5.41) is 9.90. The van der Waals surface area contributed by atoms with E-state index in [0.29, 0.717) is 0 Å². The van der Waals surface area contributed by atoms with E-state index in [9.17, 15) is 0 Å². The van der Waals surface area contributed by atoms with Gasteiger partial charge in [0.1, 0.15) is 0 Å². The highest BCUT2D eigenvalue weighted by Crippen LogP contribution is 2.24. The lowest BCUT2D eigenvalue weighted by molar-refractivity contribution is 0.122. The Bertz CT molecular complexity index is 1410. The fourth-order valence-corrected chi connectivity index (χ4v) is 4.25. The van der Waals surface area contributed by atoms with E-state index in [2.05, 4.69) is 44.3 Å². The minimum absolute atomic E-state index is 0.755. The van der Waals surface area contributed by atoms with E-state index in [-0.39, 0.29) is 0 Å². The number of aromatic nitrogens is 6. The third-order valence-electron chi connectivity index (χ3n) is 5.94. The zero-order chi connectivity index (χ0) is 21.5. The molecule has 6 rings (SSSR count). The highest BCUT2D eigenvalue weighted by atomic mass is 16.5. The van der Waals surface area contributed by atoms with Gasteiger partial charge in [-0.1, -0.05) is 6.07 Å². The molecule has 1 aliphatic rings. The molecular formula is C24H23N7O. The van der Waals surface area contributed by atoms with Crippen molar-refractivity contribution in [3.63, 3.8) is 0 Å². The molecule has 0 radical (unpaired) electrons. The Labute approximate surface area is 185 Å². The van der Waals surface area contributed by atoms with Gasteiger partial charge in [0.05, 0.1) is 48.7 Å². The van der Waals surface area contributed by atoms with Crippen LogP contribution < -0.4 is 4.90 Å². The van der Waals surface area contributed by atoms with Crippen LogP contribution in [0.2, 0.25) is 0 Å². The zero-order valence-electron chi connectivity index (χ0n) is 17.8. The molecule has 0 amide bonds. The normalized spacial score (nSPS) is 14.5. The van der Waals surface area contributed by atoms with Gasteiger partial charge in [-0.05, 0) is 29.8 Å². The lowest BCUT2D eigenvalue weighted by atomic mass is 10.0. The minimum atomic E-state index is 0.755. The standard InChI is InChI=1S/C24H23N7O/c1-29-16-20(14-26-29)23-4-5-31-24(28-23)19(13-27-31)11-17-2-3-22-18(10-17)12-21(15-25-22)30-6-8-32-9-7-30/h2-5,10,12-16H,6-9,11H2,1H3. The molecule has 0 atom stereocenters. The summed E-state index contributed by atoms with van der Waals surface area (Å²) in [6, 6.07) is 10.6. The second-order valence-electron chi connectivity index (χ2n) is 8.15. The summed E-state index contributed by atoms with van der Waals surface area (Å²) in [5.41, 5.74) is 7.21. The maximum Gasteiger partial charge on any atom is 0.159 e. The molecule has 5 aromatic rings. The zero-order valence-corrected chi connectivity index (χ0v) is 17.8. The van der Waals surface area contributed by atoms with Crippen molar-refractivity contribution in [3.8, 4) is 11.3 Å². The van der Waals surface area contributed by atoms with Gasteiger partial charge in [0.2, 0.25) is 0 Å². The van der Waals surface area contributed by atoms with Gasteiger partial charge in [-0.2, -0.15) is 10.2 Å². The quantitative estimate of drug-likeness (QED) is 0.441. The van der Waals surface area contributed by atoms with Crippen molar-refractivity contribution in [3.05, 3.63) is 72.4 Å². The van der Waals surface area contributed by atoms with E-state index in [0.717, 1.165) is 71.8 Å². The Hall–Kier alpha value is -3.78. The number of nitrogens with zero attached hydrogens (tertiary/aromatic N) is 7. The Morgan fingerprint density at radius 1 is 1.00 bits per heavy atom. The molecule has 4 aromatic heterocycles. The van der Waals surface area contributed by atoms with Crippen molar-refractivity contribution in [2.24, 2.45) is 7.05 Å². The largest absolute Gasteiger partial charge is 0.378 e. The number of aryl methyl sites for hydroxylation is 1. The summed E-state index contributed by atoms with van der Waals surface area (Å²) >= 11 is 0. The molecule has 1 aromatic carbocycles. The topological polar surface area (TPSA) is 73.4 Å². The first kappa shape index (κ1) is 18.9. The van der Waals surface area contributed by atoms with Crippen LogP contribution in [0.1, 0.15) is 11.1 Å². The monoisotopic (exact) mass is 425 g/mol. The van der Waals surface area contributed by atoms with E-state index >= 15 is 0 Å². The van der Waals surface area contributed by atoms with Crippen molar-refractivity contribution in [2.45, 2.75) is 6.42 Å². The molecule has 5 heterocycles. The van der Waals surface area contributed by atoms with E-state index in [4.69, 9.17) is 9.72 Å². The molecule has 160 valence electrons. The summed E-state index contributed by atoms with van der Waals surface area (Å²) in [6.45, 7) is 3.34. The van der Waals surface area contributed by atoms with Crippen LogP contribution in [0.3, 0.4) is 0 Å². The van der Waals surface area contributed by atoms with Crippen LogP contribution in [0.15, 0.2) is 61.3 Å². The maximum absolute atomic E-state index is 5.48. The average Bonchev–Trinajstić information content (AvgIpc) is 3.45. The second kappa shape index (κ2) is 7.72. The van der Waals surface area contributed by atoms with Gasteiger partial charge < -0.3 is 9.64 Å². The van der Waals surface area contributed by atoms with Crippen molar-refractivity contribution < 1.29 is 4.74 Å². The van der Waals surface area contributed by atoms with Crippen LogP contribution in [0, 0.1) is 0 Å². The molecule has 1 saturated heterocycles. The summed E-state index contributed by atoms with van der Waals surface area (Å²) < 4.78 is 9.09. The van der Waals surface area contributed by atoms with Crippen LogP contribution in [0.4, 0.5) is 5.69 Å². The number of anilines is 1. The fourth-order valence-electron chi connectivity index (χ4n) is 4.25. The van der Waals surface area contributed by atoms with Crippen molar-refractivity contribution >= 4 is 22.2 Å². The highest BCUT2D eigenvalue weighted by Gasteiger charge is 2.13. The number of benzene rings is 1. The first-order chi connectivity index (χ1) is 15.7. The molecule has 0 N–H and O–H groups in total. The van der Waals surface area contributed by atoms with Gasteiger partial charge in [-0.25, -0.2) is 9.50 Å². The summed E-state index contributed by atoms with van der Waals surface area (Å²) in [7, 11) is 1.91. The van der Waals surface area contributed by atoms with Gasteiger partial charge in [-0.15, -0.1) is 0 Å². The van der Waals surface area contributed by atoms with Gasteiger partial charge in [0, 0.05) is 55.5 Å². The summed E-state index contributed by atoms with van der Waals surface area (Å²) in [6.07, 6.45) is 10.4. The first-order valence-corrected chi connectivity index (χ1v) is 10.8. The molecule has 0 saturated carbocycles. The Morgan fingerprint density at radius 3 is 2.75 bits per heavy atom. The van der Waals surface area contributed by atoms with Gasteiger partial charge in [0.15, 0.2) is 5.65 Å². The Balaban J connectivity index is 1.33. The van der Waals surface area contributed by atoms with Crippen molar-refractivity contribution in [1.29, 1.82) is 0 Å². The van der Waals surface area contributed by atoms with Crippen LogP contribution in [-0.4, -0.2) is 55.7 Å². The molecule has 1 fully saturated rings. The second-order valence-corrected chi connectivity index (χ2v) is 8.15. The molecule has 32 heavy (non-hydrogen) atoms.